The summed E-state index contributed by atoms with van der Waals surface area (Å²) in [6, 6.07) is 15.7. The lowest BCUT2D eigenvalue weighted by molar-refractivity contribution is 0.142. The van der Waals surface area contributed by atoms with Gasteiger partial charge in [-0.2, -0.15) is 4.99 Å². The van der Waals surface area contributed by atoms with E-state index in [1.165, 1.54) is 48.3 Å². The van der Waals surface area contributed by atoms with Gasteiger partial charge >= 0.3 is 5.96 Å². The molecule has 0 aromatic heterocycles. The van der Waals surface area contributed by atoms with E-state index in [-0.39, 0.29) is 5.54 Å². The quantitative estimate of drug-likeness (QED) is 0.441. The van der Waals surface area contributed by atoms with Crippen LogP contribution in [0.2, 0.25) is 0 Å². The lowest BCUT2D eigenvalue weighted by atomic mass is 9.67. The van der Waals surface area contributed by atoms with Crippen LogP contribution >= 0.6 is 0 Å². The fraction of sp³-hybridized carbons (Fsp3) is 0.519. The second kappa shape index (κ2) is 6.68. The fourth-order valence-corrected chi connectivity index (χ4v) is 6.88. The van der Waals surface area contributed by atoms with Crippen molar-refractivity contribution in [3.63, 3.8) is 0 Å². The molecular weight excluding hydrogens is 366 g/mol. The van der Waals surface area contributed by atoms with Crippen LogP contribution in [0.25, 0.3) is 0 Å². The number of anilines is 1. The van der Waals surface area contributed by atoms with E-state index in [1.807, 2.05) is 0 Å². The second-order valence-electron chi connectivity index (χ2n) is 10.8. The molecule has 2 aromatic rings. The standard InChI is InChI=1S/C27H36N3/c1-6-20-12-13-22(21(7-2)14-20)28-25-29-23-10-8-9-11-24(23)30(25)18-27(30)16-19(3)15-26(4,5)17-27/h8-14,19H,6-7,15-18H2,1-5H3,(H,28,29)/q+1/t19-,27?,30?/m1/s1. The molecule has 2 spiro atoms. The van der Waals surface area contributed by atoms with E-state index in [1.54, 1.807) is 0 Å². The van der Waals surface area contributed by atoms with E-state index in [0.29, 0.717) is 5.41 Å². The molecule has 1 N–H and O–H groups in total. The number of aryl methyl sites for hydroxylation is 2. The predicted molar refractivity (Wildman–Crippen MR) is 129 cm³/mol. The van der Waals surface area contributed by atoms with Crippen molar-refractivity contribution in [3.05, 3.63) is 53.6 Å². The van der Waals surface area contributed by atoms with E-state index in [0.717, 1.165) is 34.9 Å². The van der Waals surface area contributed by atoms with Crippen molar-refractivity contribution in [2.75, 3.05) is 11.9 Å². The molecule has 3 atom stereocenters. The maximum atomic E-state index is 5.33. The number of nitrogens with one attached hydrogen (secondary N) is 1. The molecule has 1 aliphatic carbocycles. The van der Waals surface area contributed by atoms with Gasteiger partial charge in [-0.1, -0.05) is 58.9 Å². The molecule has 2 fully saturated rings. The van der Waals surface area contributed by atoms with Gasteiger partial charge in [0.25, 0.3) is 0 Å². The van der Waals surface area contributed by atoms with Gasteiger partial charge in [0.15, 0.2) is 11.2 Å². The third-order valence-corrected chi connectivity index (χ3v) is 7.76. The van der Waals surface area contributed by atoms with Crippen molar-refractivity contribution in [2.24, 2.45) is 16.3 Å². The van der Waals surface area contributed by atoms with Crippen LogP contribution in [0.3, 0.4) is 0 Å². The third-order valence-electron chi connectivity index (χ3n) is 7.76. The summed E-state index contributed by atoms with van der Waals surface area (Å²) < 4.78 is 0.926. The average Bonchev–Trinajstić information content (AvgIpc) is 3.19. The normalized spacial score (nSPS) is 32.4. The minimum absolute atomic E-state index is 0.287. The van der Waals surface area contributed by atoms with Gasteiger partial charge in [-0.05, 0) is 53.9 Å². The molecule has 3 heteroatoms. The number of fused-ring (bicyclic) bond motifs is 3. The van der Waals surface area contributed by atoms with Crippen LogP contribution < -0.4 is 9.80 Å². The van der Waals surface area contributed by atoms with Crippen LogP contribution in [0.4, 0.5) is 17.1 Å². The van der Waals surface area contributed by atoms with Gasteiger partial charge < -0.3 is 0 Å². The van der Waals surface area contributed by atoms with E-state index in [9.17, 15) is 0 Å². The summed E-state index contributed by atoms with van der Waals surface area (Å²) >= 11 is 0. The molecule has 2 heterocycles. The molecule has 2 aliphatic heterocycles. The molecule has 0 bridgehead atoms. The van der Waals surface area contributed by atoms with Crippen LogP contribution in [0, 0.1) is 11.3 Å². The number of para-hydroxylation sites is 2. The molecule has 2 aromatic carbocycles. The van der Waals surface area contributed by atoms with E-state index >= 15 is 0 Å². The highest BCUT2D eigenvalue weighted by Gasteiger charge is 2.78. The number of quaternary nitrogens is 1. The summed E-state index contributed by atoms with van der Waals surface area (Å²) in [6.45, 7) is 13.0. The van der Waals surface area contributed by atoms with Crippen molar-refractivity contribution in [3.8, 4) is 0 Å². The smallest absolute Gasteiger partial charge is 0.288 e. The number of guanidine groups is 1. The zero-order chi connectivity index (χ0) is 21.1. The topological polar surface area (TPSA) is 24.4 Å². The molecule has 2 unspecified atom stereocenters. The molecule has 1 saturated heterocycles. The van der Waals surface area contributed by atoms with Crippen molar-refractivity contribution in [1.29, 1.82) is 0 Å². The maximum absolute atomic E-state index is 5.33. The molecule has 5 rings (SSSR count). The number of aliphatic imine (C=N–C) groups is 1. The van der Waals surface area contributed by atoms with Crippen LogP contribution in [0.5, 0.6) is 0 Å². The van der Waals surface area contributed by atoms with Crippen molar-refractivity contribution >= 4 is 23.0 Å². The zero-order valence-electron chi connectivity index (χ0n) is 19.3. The highest BCUT2D eigenvalue weighted by atomic mass is 15.6. The molecule has 30 heavy (non-hydrogen) atoms. The highest BCUT2D eigenvalue weighted by Crippen LogP contribution is 2.64. The minimum Gasteiger partial charge on any atom is -0.288 e. The molecule has 0 amide bonds. The second-order valence-corrected chi connectivity index (χ2v) is 10.8. The Labute approximate surface area is 181 Å². The predicted octanol–water partition coefficient (Wildman–Crippen LogP) is 6.83. The number of nitrogens with zero attached hydrogens (tertiary/aromatic N) is 2. The first kappa shape index (κ1) is 19.8. The summed E-state index contributed by atoms with van der Waals surface area (Å²) in [5.74, 6) is 1.90. The minimum atomic E-state index is 0.287. The van der Waals surface area contributed by atoms with Crippen molar-refractivity contribution in [2.45, 2.75) is 72.3 Å². The van der Waals surface area contributed by atoms with Crippen LogP contribution in [-0.4, -0.2) is 18.0 Å². The van der Waals surface area contributed by atoms with Crippen LogP contribution in [-0.2, 0) is 12.8 Å². The first-order valence-corrected chi connectivity index (χ1v) is 11.8. The summed E-state index contributed by atoms with van der Waals surface area (Å²) in [4.78, 5) is 5.33. The van der Waals surface area contributed by atoms with Gasteiger partial charge in [0.2, 0.25) is 0 Å². The molecule has 3 nitrogen and oxygen atoms in total. The number of hydrogen-bond acceptors (Lipinski definition) is 1. The Kier molecular flexibility index (Phi) is 4.41. The fourth-order valence-electron chi connectivity index (χ4n) is 6.88. The largest absolute Gasteiger partial charge is 0.313 e. The summed E-state index contributed by atoms with van der Waals surface area (Å²) in [7, 11) is 0. The van der Waals surface area contributed by atoms with Gasteiger partial charge in [-0.25, -0.2) is 4.48 Å². The Bertz CT molecular complexity index is 1020. The Hall–Kier alpha value is -2.13. The Morgan fingerprint density at radius 1 is 1.07 bits per heavy atom. The lowest BCUT2D eigenvalue weighted by Gasteiger charge is -2.38. The van der Waals surface area contributed by atoms with Crippen LogP contribution in [0.15, 0.2) is 47.5 Å². The molecule has 3 aliphatic rings. The molecular formula is C27H36N3+. The molecule has 0 radical (unpaired) electrons. The number of benzene rings is 2. The van der Waals surface area contributed by atoms with E-state index in [4.69, 9.17) is 4.99 Å². The van der Waals surface area contributed by atoms with Crippen molar-refractivity contribution in [1.82, 2.24) is 4.48 Å². The molecule has 158 valence electrons. The summed E-state index contributed by atoms with van der Waals surface area (Å²) in [5, 5.41) is 3.75. The van der Waals surface area contributed by atoms with Gasteiger partial charge in [-0.15, -0.1) is 0 Å². The highest BCUT2D eigenvalue weighted by molar-refractivity contribution is 6.15. The number of rotatable bonds is 3. The first-order valence-electron chi connectivity index (χ1n) is 11.8. The van der Waals surface area contributed by atoms with Gasteiger partial charge in [0, 0.05) is 18.9 Å². The maximum Gasteiger partial charge on any atom is 0.313 e. The van der Waals surface area contributed by atoms with Crippen molar-refractivity contribution < 1.29 is 0 Å². The van der Waals surface area contributed by atoms with E-state index < -0.39 is 0 Å². The van der Waals surface area contributed by atoms with Gasteiger partial charge in [0.05, 0.1) is 5.69 Å². The Morgan fingerprint density at radius 2 is 1.87 bits per heavy atom. The average molecular weight is 403 g/mol. The number of hydrogen-bond donors (Lipinski definition) is 1. The SMILES string of the molecule is CCc1ccc(N=C2Nc3ccccc3[N+]23CC32C[C@H](C)CC(C)(C)C2)c(CC)c1. The van der Waals surface area contributed by atoms with Gasteiger partial charge in [-0.3, -0.25) is 5.32 Å². The van der Waals surface area contributed by atoms with E-state index in [2.05, 4.69) is 82.4 Å². The van der Waals surface area contributed by atoms with Gasteiger partial charge in [0.1, 0.15) is 12.2 Å². The molecule has 1 saturated carbocycles. The Morgan fingerprint density at radius 3 is 2.60 bits per heavy atom. The monoisotopic (exact) mass is 402 g/mol. The summed E-state index contributed by atoms with van der Waals surface area (Å²) in [5.41, 5.74) is 7.22. The Balaban J connectivity index is 1.63. The zero-order valence-corrected chi connectivity index (χ0v) is 19.3. The van der Waals surface area contributed by atoms with Crippen LogP contribution in [0.1, 0.15) is 65.0 Å². The first-order chi connectivity index (χ1) is 14.3. The lowest BCUT2D eigenvalue weighted by Crippen LogP contribution is -2.47. The summed E-state index contributed by atoms with van der Waals surface area (Å²) in [6.07, 6.45) is 5.98. The third kappa shape index (κ3) is 2.85.